The van der Waals surface area contributed by atoms with Crippen LogP contribution in [0.1, 0.15) is 206 Å². The molecule has 42 heavy (non-hydrogen) atoms. The number of hydrogen-bond donors (Lipinski definition) is 1. The summed E-state index contributed by atoms with van der Waals surface area (Å²) in [5, 5.41) is 0. The van der Waals surface area contributed by atoms with E-state index in [1.807, 2.05) is 0 Å². The Morgan fingerprint density at radius 1 is 0.452 bits per heavy atom. The first-order valence-electron chi connectivity index (χ1n) is 18.6. The van der Waals surface area contributed by atoms with Gasteiger partial charge in [-0.1, -0.05) is 181 Å². The fourth-order valence-corrected chi connectivity index (χ4v) is 5.73. The van der Waals surface area contributed by atoms with Crippen LogP contribution in [-0.4, -0.2) is 30.4 Å². The van der Waals surface area contributed by atoms with Crippen LogP contribution in [0.4, 0.5) is 0 Å². The lowest BCUT2D eigenvalue weighted by atomic mass is 10.0. The molecule has 0 aliphatic rings. The molecule has 0 aromatic carbocycles. The molecular weight excluding hydrogens is 540 g/mol. The van der Waals surface area contributed by atoms with Crippen LogP contribution in [0.2, 0.25) is 0 Å². The number of ether oxygens (including phenoxy) is 2. The van der Waals surface area contributed by atoms with Gasteiger partial charge in [-0.3, -0.25) is 9.59 Å². The van der Waals surface area contributed by atoms with Gasteiger partial charge in [0.25, 0.3) is 0 Å². The van der Waals surface area contributed by atoms with Crippen LogP contribution < -0.4 is 0 Å². The highest BCUT2D eigenvalue weighted by atomic mass is 32.1. The average molecular weight is 613 g/mol. The lowest BCUT2D eigenvalue weighted by Crippen LogP contribution is -2.26. The lowest BCUT2D eigenvalue weighted by molar-refractivity contribution is -0.157. The van der Waals surface area contributed by atoms with Gasteiger partial charge in [-0.25, -0.2) is 0 Å². The highest BCUT2D eigenvalue weighted by Crippen LogP contribution is 2.15. The molecule has 5 heteroatoms. The normalized spacial score (nSPS) is 12.0. The van der Waals surface area contributed by atoms with E-state index in [1.165, 1.54) is 154 Å². The van der Waals surface area contributed by atoms with E-state index in [9.17, 15) is 9.59 Å². The van der Waals surface area contributed by atoms with Crippen LogP contribution in [0.25, 0.3) is 0 Å². The minimum Gasteiger partial charge on any atom is -0.462 e. The molecule has 0 radical (unpaired) electrons. The van der Waals surface area contributed by atoms with Gasteiger partial charge in [-0.2, -0.15) is 12.6 Å². The minimum atomic E-state index is -0.451. The predicted molar refractivity (Wildman–Crippen MR) is 185 cm³/mol. The molecule has 0 aliphatic carbocycles. The highest BCUT2D eigenvalue weighted by molar-refractivity contribution is 7.80. The van der Waals surface area contributed by atoms with Crippen LogP contribution >= 0.6 is 12.6 Å². The third kappa shape index (κ3) is 32.2. The summed E-state index contributed by atoms with van der Waals surface area (Å²) < 4.78 is 10.9. The topological polar surface area (TPSA) is 52.6 Å². The van der Waals surface area contributed by atoms with Gasteiger partial charge in [-0.15, -0.1) is 0 Å². The van der Waals surface area contributed by atoms with Crippen molar-refractivity contribution in [3.63, 3.8) is 0 Å². The monoisotopic (exact) mass is 613 g/mol. The first kappa shape index (κ1) is 41.3. The number of unbranched alkanes of at least 4 members (excludes halogenated alkanes) is 26. The Kier molecular flexibility index (Phi) is 34.2. The maximum Gasteiger partial charge on any atom is 0.306 e. The Hall–Kier alpha value is -0.710. The van der Waals surface area contributed by atoms with E-state index in [0.717, 1.165) is 25.7 Å². The summed E-state index contributed by atoms with van der Waals surface area (Å²) in [5.41, 5.74) is 0. The molecule has 250 valence electrons. The molecule has 0 rings (SSSR count). The first-order valence-corrected chi connectivity index (χ1v) is 19.2. The van der Waals surface area contributed by atoms with Crippen LogP contribution in [0.5, 0.6) is 0 Å². The lowest BCUT2D eigenvalue weighted by Gasteiger charge is -2.16. The van der Waals surface area contributed by atoms with Gasteiger partial charge in [0.2, 0.25) is 0 Å². The molecule has 4 nitrogen and oxygen atoms in total. The van der Waals surface area contributed by atoms with E-state index in [0.29, 0.717) is 18.6 Å². The summed E-state index contributed by atoms with van der Waals surface area (Å²) in [7, 11) is 0. The second-order valence-corrected chi connectivity index (χ2v) is 13.0. The summed E-state index contributed by atoms with van der Waals surface area (Å²) in [6, 6.07) is 0. The SMILES string of the molecule is CCCCCCCCCCCCCCCCC(=O)OCC(CS)OC(=O)CCCCCCCCCCCCCCCC. The van der Waals surface area contributed by atoms with Gasteiger partial charge in [0, 0.05) is 18.6 Å². The molecule has 0 saturated carbocycles. The summed E-state index contributed by atoms with van der Waals surface area (Å²) in [6.45, 7) is 4.66. The average Bonchev–Trinajstić information content (AvgIpc) is 2.99. The molecule has 0 heterocycles. The molecule has 1 unspecified atom stereocenters. The van der Waals surface area contributed by atoms with Crippen LogP contribution in [0.3, 0.4) is 0 Å². The van der Waals surface area contributed by atoms with Gasteiger partial charge < -0.3 is 9.47 Å². The smallest absolute Gasteiger partial charge is 0.306 e. The largest absolute Gasteiger partial charge is 0.462 e. The molecule has 0 aromatic rings. The molecule has 1 atom stereocenters. The Bertz CT molecular complexity index is 568. The van der Waals surface area contributed by atoms with Gasteiger partial charge in [0.05, 0.1) is 0 Å². The zero-order valence-electron chi connectivity index (χ0n) is 28.3. The van der Waals surface area contributed by atoms with Crippen molar-refractivity contribution in [2.75, 3.05) is 12.4 Å². The second kappa shape index (κ2) is 34.8. The molecule has 0 fully saturated rings. The van der Waals surface area contributed by atoms with Gasteiger partial charge in [0.15, 0.2) is 0 Å². The Balaban J connectivity index is 3.51. The maximum atomic E-state index is 12.2. The number of rotatable bonds is 34. The highest BCUT2D eigenvalue weighted by Gasteiger charge is 2.15. The number of carbonyl (C=O) groups excluding carboxylic acids is 2. The van der Waals surface area contributed by atoms with Crippen molar-refractivity contribution in [1.82, 2.24) is 0 Å². The van der Waals surface area contributed by atoms with Crippen molar-refractivity contribution in [3.8, 4) is 0 Å². The summed E-state index contributed by atoms with van der Waals surface area (Å²) in [6.07, 6.45) is 36.8. The van der Waals surface area contributed by atoms with Gasteiger partial charge in [0.1, 0.15) is 12.7 Å². The van der Waals surface area contributed by atoms with Gasteiger partial charge in [-0.05, 0) is 12.8 Å². The fourth-order valence-electron chi connectivity index (χ4n) is 5.55. The predicted octanol–water partition coefficient (Wildman–Crippen LogP) is 12.1. The molecule has 0 aromatic heterocycles. The Morgan fingerprint density at radius 3 is 1.05 bits per heavy atom. The van der Waals surface area contributed by atoms with E-state index in [-0.39, 0.29) is 18.5 Å². The van der Waals surface area contributed by atoms with E-state index < -0.39 is 6.10 Å². The van der Waals surface area contributed by atoms with Crippen LogP contribution in [0, 0.1) is 0 Å². The molecule has 0 spiro atoms. The fraction of sp³-hybridized carbons (Fsp3) is 0.946. The zero-order chi connectivity index (χ0) is 30.8. The zero-order valence-corrected chi connectivity index (χ0v) is 29.2. The molecule has 0 aliphatic heterocycles. The molecule has 0 bridgehead atoms. The summed E-state index contributed by atoms with van der Waals surface area (Å²) in [5.74, 6) is -0.0175. The van der Waals surface area contributed by atoms with Crippen molar-refractivity contribution >= 4 is 24.6 Å². The van der Waals surface area contributed by atoms with E-state index in [1.54, 1.807) is 0 Å². The van der Waals surface area contributed by atoms with E-state index >= 15 is 0 Å². The third-order valence-electron chi connectivity index (χ3n) is 8.40. The Labute approximate surface area is 268 Å². The maximum absolute atomic E-state index is 12.2. The van der Waals surface area contributed by atoms with Crippen molar-refractivity contribution in [2.24, 2.45) is 0 Å². The molecular formula is C37H72O4S. The number of hydrogen-bond acceptors (Lipinski definition) is 5. The molecule has 0 saturated heterocycles. The molecule has 0 N–H and O–H groups in total. The van der Waals surface area contributed by atoms with Crippen LogP contribution in [-0.2, 0) is 19.1 Å². The minimum absolute atomic E-state index is 0.116. The standard InChI is InChI=1S/C37H72O4S/c1-3-5-7-9-11-13-15-17-19-21-23-25-27-29-31-36(38)40-33-35(34-42)41-37(39)32-30-28-26-24-22-20-18-16-14-12-10-8-6-4-2/h35,42H,3-34H2,1-2H3. The van der Waals surface area contributed by atoms with E-state index in [2.05, 4.69) is 26.5 Å². The van der Waals surface area contributed by atoms with Crippen LogP contribution in [0.15, 0.2) is 0 Å². The van der Waals surface area contributed by atoms with Gasteiger partial charge >= 0.3 is 11.9 Å². The second-order valence-electron chi connectivity index (χ2n) is 12.7. The summed E-state index contributed by atoms with van der Waals surface area (Å²) in [4.78, 5) is 24.3. The van der Waals surface area contributed by atoms with Crippen molar-refractivity contribution in [2.45, 2.75) is 213 Å². The first-order chi connectivity index (χ1) is 20.6. The quantitative estimate of drug-likeness (QED) is 0.0446. The van der Waals surface area contributed by atoms with Crippen molar-refractivity contribution in [1.29, 1.82) is 0 Å². The van der Waals surface area contributed by atoms with E-state index in [4.69, 9.17) is 9.47 Å². The summed E-state index contributed by atoms with van der Waals surface area (Å²) >= 11 is 4.28. The number of thiol groups is 1. The van der Waals surface area contributed by atoms with Crippen molar-refractivity contribution < 1.29 is 19.1 Å². The Morgan fingerprint density at radius 2 is 0.738 bits per heavy atom. The number of carbonyl (C=O) groups is 2. The molecule has 0 amide bonds. The number of esters is 2. The third-order valence-corrected chi connectivity index (χ3v) is 8.81. The van der Waals surface area contributed by atoms with Crippen molar-refractivity contribution in [3.05, 3.63) is 0 Å².